The van der Waals surface area contributed by atoms with Crippen molar-refractivity contribution in [1.29, 1.82) is 0 Å². The van der Waals surface area contributed by atoms with Crippen molar-refractivity contribution in [2.24, 2.45) is 4.99 Å². The maximum absolute atomic E-state index is 13.4. The first kappa shape index (κ1) is 24.3. The van der Waals surface area contributed by atoms with E-state index in [1.54, 1.807) is 24.3 Å². The summed E-state index contributed by atoms with van der Waals surface area (Å²) in [6.45, 7) is 3.47. The molecule has 2 N–H and O–H groups in total. The molecular weight excluding hydrogens is 494 g/mol. The van der Waals surface area contributed by atoms with E-state index in [1.807, 2.05) is 31.0 Å². The Morgan fingerprint density at radius 2 is 1.82 bits per heavy atom. The van der Waals surface area contributed by atoms with Gasteiger partial charge in [-0.1, -0.05) is 24.3 Å². The van der Waals surface area contributed by atoms with Gasteiger partial charge in [0.1, 0.15) is 5.82 Å². The number of aliphatic imine (C=N–C) groups is 1. The summed E-state index contributed by atoms with van der Waals surface area (Å²) in [5, 5.41) is 3.20. The highest BCUT2D eigenvalue weighted by molar-refractivity contribution is 14.0. The number of guanidine groups is 1. The predicted octanol–water partition coefficient (Wildman–Crippen LogP) is 2.95. The predicted molar refractivity (Wildman–Crippen MR) is 121 cm³/mol. The molecule has 0 aliphatic carbocycles. The maximum atomic E-state index is 13.4. The fourth-order valence-corrected chi connectivity index (χ4v) is 3.35. The quantitative estimate of drug-likeness (QED) is 0.335. The van der Waals surface area contributed by atoms with E-state index < -0.39 is 10.0 Å². The van der Waals surface area contributed by atoms with E-state index in [0.29, 0.717) is 25.6 Å². The SMILES string of the molecule is CCNC(=NCc1cccc(S(=O)(=O)NC)c1)N(C)Cc1cccc(F)c1.I. The molecule has 28 heavy (non-hydrogen) atoms. The summed E-state index contributed by atoms with van der Waals surface area (Å²) in [6.07, 6.45) is 0. The zero-order valence-electron chi connectivity index (χ0n) is 16.1. The van der Waals surface area contributed by atoms with Crippen LogP contribution in [-0.4, -0.2) is 39.9 Å². The van der Waals surface area contributed by atoms with Crippen LogP contribution < -0.4 is 10.0 Å². The number of halogens is 2. The standard InChI is InChI=1S/C19H25FN4O2S.HI/c1-4-22-19(24(3)14-16-8-5-9-17(20)11-16)23-13-15-7-6-10-18(12-15)27(25,26)21-2;/h5-12,21H,4,13-14H2,1-3H3,(H,22,23);1H. The van der Waals surface area contributed by atoms with E-state index >= 15 is 0 Å². The van der Waals surface area contributed by atoms with Crippen molar-refractivity contribution < 1.29 is 12.8 Å². The number of nitrogens with one attached hydrogen (secondary N) is 2. The highest BCUT2D eigenvalue weighted by Gasteiger charge is 2.12. The number of nitrogens with zero attached hydrogens (tertiary/aromatic N) is 2. The maximum Gasteiger partial charge on any atom is 0.240 e. The Balaban J connectivity index is 0.00000392. The molecule has 0 aliphatic rings. The number of rotatable bonds is 7. The van der Waals surface area contributed by atoms with Crippen LogP contribution in [0.15, 0.2) is 58.4 Å². The van der Waals surface area contributed by atoms with Gasteiger partial charge in [-0.2, -0.15) is 0 Å². The van der Waals surface area contributed by atoms with E-state index in [2.05, 4.69) is 15.0 Å². The van der Waals surface area contributed by atoms with E-state index in [9.17, 15) is 12.8 Å². The summed E-state index contributed by atoms with van der Waals surface area (Å²) in [6, 6.07) is 13.1. The summed E-state index contributed by atoms with van der Waals surface area (Å²) in [5.41, 5.74) is 1.62. The summed E-state index contributed by atoms with van der Waals surface area (Å²) in [5.74, 6) is 0.383. The molecule has 0 unspecified atom stereocenters. The van der Waals surface area contributed by atoms with Crippen LogP contribution in [-0.2, 0) is 23.1 Å². The van der Waals surface area contributed by atoms with E-state index in [0.717, 1.165) is 11.1 Å². The molecule has 0 spiro atoms. The third-order valence-electron chi connectivity index (χ3n) is 3.89. The Morgan fingerprint density at radius 3 is 2.46 bits per heavy atom. The molecule has 0 heterocycles. The molecule has 0 fully saturated rings. The topological polar surface area (TPSA) is 73.8 Å². The minimum absolute atomic E-state index is 0. The average Bonchev–Trinajstić information content (AvgIpc) is 2.65. The van der Waals surface area contributed by atoms with Crippen molar-refractivity contribution in [3.63, 3.8) is 0 Å². The molecule has 154 valence electrons. The second-order valence-corrected chi connectivity index (χ2v) is 7.90. The first-order valence-corrected chi connectivity index (χ1v) is 10.1. The lowest BCUT2D eigenvalue weighted by Gasteiger charge is -2.22. The smallest absolute Gasteiger partial charge is 0.240 e. The Kier molecular flexibility index (Phi) is 9.83. The van der Waals surface area contributed by atoms with E-state index in [1.165, 1.54) is 19.2 Å². The first-order valence-electron chi connectivity index (χ1n) is 8.62. The summed E-state index contributed by atoms with van der Waals surface area (Å²) in [7, 11) is -0.242. The highest BCUT2D eigenvalue weighted by Crippen LogP contribution is 2.12. The van der Waals surface area contributed by atoms with Crippen LogP contribution >= 0.6 is 24.0 Å². The fraction of sp³-hybridized carbons (Fsp3) is 0.316. The lowest BCUT2D eigenvalue weighted by atomic mass is 10.2. The van der Waals surface area contributed by atoms with Gasteiger partial charge in [-0.3, -0.25) is 0 Å². The van der Waals surface area contributed by atoms with Crippen molar-refractivity contribution in [1.82, 2.24) is 14.9 Å². The van der Waals surface area contributed by atoms with Crippen molar-refractivity contribution in [2.45, 2.75) is 24.9 Å². The van der Waals surface area contributed by atoms with Gasteiger partial charge < -0.3 is 10.2 Å². The molecule has 0 aromatic heterocycles. The van der Waals surface area contributed by atoms with E-state index in [4.69, 9.17) is 0 Å². The van der Waals surface area contributed by atoms with Crippen molar-refractivity contribution >= 4 is 40.0 Å². The third kappa shape index (κ3) is 7.02. The average molecular weight is 520 g/mol. The number of benzene rings is 2. The Labute approximate surface area is 183 Å². The molecule has 0 bridgehead atoms. The molecule has 0 saturated heterocycles. The van der Waals surface area contributed by atoms with Crippen LogP contribution in [0.4, 0.5) is 4.39 Å². The van der Waals surface area contributed by atoms with Crippen molar-refractivity contribution in [3.8, 4) is 0 Å². The van der Waals surface area contributed by atoms with Crippen LogP contribution in [0.2, 0.25) is 0 Å². The normalized spacial score (nSPS) is 11.6. The molecule has 2 rings (SSSR count). The molecule has 0 radical (unpaired) electrons. The van der Waals surface area contributed by atoms with Gasteiger partial charge in [0.05, 0.1) is 11.4 Å². The monoisotopic (exact) mass is 520 g/mol. The van der Waals surface area contributed by atoms with Crippen LogP contribution in [0.25, 0.3) is 0 Å². The van der Waals surface area contributed by atoms with Crippen molar-refractivity contribution in [3.05, 3.63) is 65.5 Å². The molecule has 2 aromatic rings. The fourth-order valence-electron chi connectivity index (χ4n) is 2.55. The largest absolute Gasteiger partial charge is 0.357 e. The third-order valence-corrected chi connectivity index (χ3v) is 5.31. The molecule has 0 atom stereocenters. The Bertz CT molecular complexity index is 906. The molecule has 0 amide bonds. The Hall–Kier alpha value is -1.72. The first-order chi connectivity index (χ1) is 12.9. The van der Waals surface area contributed by atoms with Gasteiger partial charge in [0.15, 0.2) is 5.96 Å². The molecule has 2 aromatic carbocycles. The number of sulfonamides is 1. The second kappa shape index (κ2) is 11.3. The molecule has 6 nitrogen and oxygen atoms in total. The highest BCUT2D eigenvalue weighted by atomic mass is 127. The summed E-state index contributed by atoms with van der Waals surface area (Å²) >= 11 is 0. The van der Waals surface area contributed by atoms with Gasteiger partial charge in [0.2, 0.25) is 10.0 Å². The minimum atomic E-state index is -3.49. The summed E-state index contributed by atoms with van der Waals surface area (Å²) < 4.78 is 39.6. The van der Waals surface area contributed by atoms with Crippen molar-refractivity contribution in [2.75, 3.05) is 20.6 Å². The number of hydrogen-bond donors (Lipinski definition) is 2. The Morgan fingerprint density at radius 1 is 1.14 bits per heavy atom. The lowest BCUT2D eigenvalue weighted by molar-refractivity contribution is 0.474. The van der Waals surface area contributed by atoms with Gasteiger partial charge in [0.25, 0.3) is 0 Å². The minimum Gasteiger partial charge on any atom is -0.357 e. The number of hydrogen-bond acceptors (Lipinski definition) is 3. The van der Waals surface area contributed by atoms with Gasteiger partial charge in [-0.05, 0) is 49.4 Å². The van der Waals surface area contributed by atoms with E-state index in [-0.39, 0.29) is 34.7 Å². The van der Waals surface area contributed by atoms with Crippen LogP contribution in [0.3, 0.4) is 0 Å². The zero-order valence-corrected chi connectivity index (χ0v) is 19.3. The van der Waals surface area contributed by atoms with Gasteiger partial charge in [0, 0.05) is 20.1 Å². The summed E-state index contributed by atoms with van der Waals surface area (Å²) in [4.78, 5) is 6.67. The van der Waals surface area contributed by atoms with Crippen LogP contribution in [0.5, 0.6) is 0 Å². The molecule has 0 aliphatic heterocycles. The van der Waals surface area contributed by atoms with Crippen LogP contribution in [0, 0.1) is 5.82 Å². The molecule has 0 saturated carbocycles. The van der Waals surface area contributed by atoms with Gasteiger partial charge in [-0.15, -0.1) is 24.0 Å². The zero-order chi connectivity index (χ0) is 19.9. The van der Waals surface area contributed by atoms with Gasteiger partial charge >= 0.3 is 0 Å². The molecular formula is C19H26FIN4O2S. The van der Waals surface area contributed by atoms with Gasteiger partial charge in [-0.25, -0.2) is 22.5 Å². The second-order valence-electron chi connectivity index (χ2n) is 6.01. The van der Waals surface area contributed by atoms with Crippen LogP contribution in [0.1, 0.15) is 18.1 Å². The molecule has 9 heteroatoms. The lowest BCUT2D eigenvalue weighted by Crippen LogP contribution is -2.38.